The number of phosphoric ester groups is 1. The summed E-state index contributed by atoms with van der Waals surface area (Å²) in [4.78, 5) is 110. The van der Waals surface area contributed by atoms with Crippen molar-refractivity contribution in [2.75, 3.05) is 7.11 Å². The molecule has 2 rings (SSSR count). The van der Waals surface area contributed by atoms with Crippen LogP contribution in [0.5, 0.6) is 5.75 Å². The van der Waals surface area contributed by atoms with Crippen molar-refractivity contribution in [3.05, 3.63) is 42.0 Å². The number of esters is 1. The number of hydrogen-bond acceptors (Lipinski definition) is 10. The Morgan fingerprint density at radius 2 is 1.37 bits per heavy atom. The van der Waals surface area contributed by atoms with E-state index < -0.39 is 97.7 Å². The van der Waals surface area contributed by atoms with Gasteiger partial charge in [-0.1, -0.05) is 52.0 Å². The molecule has 282 valence electrons. The van der Waals surface area contributed by atoms with Gasteiger partial charge < -0.3 is 41.6 Å². The smallest absolute Gasteiger partial charge is 0.467 e. The SMILES string of the molecule is COC(=O)[C@@H]1C/C=C/CCC(=O)N[C@@H](Cc2ccc(OP(=O)(O)O)cc2)C(=O)N[C@@H](C(C)C)C(=O)N[C@@H](CC(N)=O)C(=O)N[C@@H](C(C)C)C(=O)N1. The number of amides is 6. The van der Waals surface area contributed by atoms with Crippen molar-refractivity contribution >= 4 is 49.2 Å². The molecule has 0 unspecified atom stereocenters. The summed E-state index contributed by atoms with van der Waals surface area (Å²) >= 11 is 0. The second-order valence-electron chi connectivity index (χ2n) is 12.6. The summed E-state index contributed by atoms with van der Waals surface area (Å²) < 4.78 is 20.6. The van der Waals surface area contributed by atoms with E-state index in [0.29, 0.717) is 5.56 Å². The molecular weight excluding hydrogens is 691 g/mol. The van der Waals surface area contributed by atoms with Crippen molar-refractivity contribution in [2.45, 2.75) is 90.0 Å². The van der Waals surface area contributed by atoms with Crippen LogP contribution in [0.15, 0.2) is 36.4 Å². The molecule has 0 spiro atoms. The van der Waals surface area contributed by atoms with Crippen molar-refractivity contribution in [3.63, 3.8) is 0 Å². The molecule has 6 amide bonds. The summed E-state index contributed by atoms with van der Waals surface area (Å²) in [5.74, 6) is -6.77. The summed E-state index contributed by atoms with van der Waals surface area (Å²) in [5.41, 5.74) is 5.84. The van der Waals surface area contributed by atoms with Crippen LogP contribution in [0.25, 0.3) is 0 Å². The van der Waals surface area contributed by atoms with Crippen molar-refractivity contribution in [2.24, 2.45) is 17.6 Å². The number of benzene rings is 1. The quantitative estimate of drug-likeness (QED) is 0.0881. The van der Waals surface area contributed by atoms with Gasteiger partial charge in [0.1, 0.15) is 36.0 Å². The minimum atomic E-state index is -4.82. The zero-order chi connectivity index (χ0) is 38.5. The molecule has 0 radical (unpaired) electrons. The molecule has 19 heteroatoms. The summed E-state index contributed by atoms with van der Waals surface area (Å²) in [7, 11) is -3.68. The predicted molar refractivity (Wildman–Crippen MR) is 181 cm³/mol. The first kappa shape index (κ1) is 42.4. The van der Waals surface area contributed by atoms with Crippen molar-refractivity contribution < 1.29 is 57.2 Å². The Labute approximate surface area is 295 Å². The van der Waals surface area contributed by atoms with Gasteiger partial charge in [0.2, 0.25) is 35.4 Å². The zero-order valence-electron chi connectivity index (χ0n) is 29.0. The maximum Gasteiger partial charge on any atom is 0.524 e. The summed E-state index contributed by atoms with van der Waals surface area (Å²) in [5, 5.41) is 12.7. The number of methoxy groups -OCH3 is 1. The number of hydrogen-bond donors (Lipinski definition) is 8. The second-order valence-corrected chi connectivity index (χ2v) is 13.7. The molecule has 5 atom stereocenters. The first-order chi connectivity index (χ1) is 23.8. The van der Waals surface area contributed by atoms with Gasteiger partial charge in [0.25, 0.3) is 0 Å². The highest BCUT2D eigenvalue weighted by Gasteiger charge is 2.35. The molecule has 0 saturated heterocycles. The minimum absolute atomic E-state index is 0.0253. The van der Waals surface area contributed by atoms with E-state index in [-0.39, 0.29) is 31.4 Å². The van der Waals surface area contributed by atoms with Gasteiger partial charge in [0.05, 0.1) is 13.5 Å². The fourth-order valence-corrected chi connectivity index (χ4v) is 5.36. The number of nitrogens with two attached hydrogens (primary N) is 1. The fraction of sp³-hybridized carbons (Fsp3) is 0.531. The van der Waals surface area contributed by atoms with Crippen LogP contribution in [0, 0.1) is 11.8 Å². The number of carbonyl (C=O) groups excluding carboxylic acids is 7. The van der Waals surface area contributed by atoms with Crippen LogP contribution in [0.2, 0.25) is 0 Å². The lowest BCUT2D eigenvalue weighted by atomic mass is 9.99. The van der Waals surface area contributed by atoms with E-state index in [9.17, 15) is 38.1 Å². The van der Waals surface area contributed by atoms with Gasteiger partial charge in [-0.05, 0) is 42.4 Å². The third kappa shape index (κ3) is 14.5. The van der Waals surface area contributed by atoms with Gasteiger partial charge in [-0.2, -0.15) is 0 Å². The third-order valence-electron chi connectivity index (χ3n) is 7.65. The molecule has 1 aromatic carbocycles. The highest BCUT2D eigenvalue weighted by Crippen LogP contribution is 2.37. The monoisotopic (exact) mass is 738 g/mol. The maximum atomic E-state index is 13.7. The van der Waals surface area contributed by atoms with Crippen molar-refractivity contribution in [1.29, 1.82) is 0 Å². The number of allylic oxidation sites excluding steroid dienone is 1. The van der Waals surface area contributed by atoms with Crippen LogP contribution in [-0.2, 0) is 49.3 Å². The molecule has 1 aliphatic heterocycles. The third-order valence-corrected chi connectivity index (χ3v) is 8.10. The van der Waals surface area contributed by atoms with Crippen LogP contribution >= 0.6 is 7.82 Å². The highest BCUT2D eigenvalue weighted by atomic mass is 31.2. The summed E-state index contributed by atoms with van der Waals surface area (Å²) in [6.07, 6.45) is 2.47. The van der Waals surface area contributed by atoms with E-state index in [1.165, 1.54) is 24.3 Å². The average Bonchev–Trinajstić information content (AvgIpc) is 3.03. The van der Waals surface area contributed by atoms with Gasteiger partial charge in [-0.25, -0.2) is 9.36 Å². The van der Waals surface area contributed by atoms with Crippen LogP contribution < -0.4 is 36.8 Å². The van der Waals surface area contributed by atoms with Crippen molar-refractivity contribution in [1.82, 2.24) is 26.6 Å². The van der Waals surface area contributed by atoms with Gasteiger partial charge in [-0.3, -0.25) is 38.6 Å². The first-order valence-electron chi connectivity index (χ1n) is 16.2. The lowest BCUT2D eigenvalue weighted by Crippen LogP contribution is -2.61. The molecule has 9 N–H and O–H groups in total. The maximum absolute atomic E-state index is 13.7. The Kier molecular flexibility index (Phi) is 16.2. The molecule has 0 aliphatic carbocycles. The Morgan fingerprint density at radius 3 is 1.88 bits per heavy atom. The molecule has 0 aromatic heterocycles. The lowest BCUT2D eigenvalue weighted by Gasteiger charge is -2.29. The number of ether oxygens (including phenoxy) is 1. The number of phosphoric acid groups is 1. The topological polar surface area (TPSA) is 282 Å². The first-order valence-corrected chi connectivity index (χ1v) is 17.7. The summed E-state index contributed by atoms with van der Waals surface area (Å²) in [6.45, 7) is 6.49. The standard InChI is InChI=1S/C32H47N6O12P/c1-17(2)26-30(43)35-21(32(45)49-5)9-7-6-8-10-25(40)34-22(15-19-11-13-20(14-12-19)50-51(46,47)48)28(41)37-27(18(3)4)31(44)36-23(16-24(33)39)29(42)38-26/h6-7,11-14,17-18,21-23,26-27H,8-10,15-16H2,1-5H3,(H2,33,39)(H,34,40)(H,35,43)(H,36,44)(H,37,41)(H,38,42)(H2,46,47,48)/b7-6+/t21-,22-,23-,26-,27-/m0/s1. The molecule has 0 bridgehead atoms. The fourth-order valence-electron chi connectivity index (χ4n) is 4.97. The van der Waals surface area contributed by atoms with E-state index >= 15 is 0 Å². The number of carbonyl (C=O) groups is 7. The molecule has 0 saturated carbocycles. The Balaban J connectivity index is 2.51. The van der Waals surface area contributed by atoms with E-state index in [4.69, 9.17) is 20.3 Å². The van der Waals surface area contributed by atoms with Gasteiger partial charge in [0, 0.05) is 12.8 Å². The largest absolute Gasteiger partial charge is 0.524 e. The normalized spacial score (nSPS) is 23.9. The number of rotatable bonds is 9. The molecule has 1 aliphatic rings. The van der Waals surface area contributed by atoms with E-state index in [1.807, 2.05) is 0 Å². The number of nitrogens with one attached hydrogen (secondary N) is 5. The van der Waals surface area contributed by atoms with E-state index in [2.05, 4.69) is 31.1 Å². The number of primary amides is 1. The molecule has 51 heavy (non-hydrogen) atoms. The van der Waals surface area contributed by atoms with E-state index in [1.54, 1.807) is 39.8 Å². The van der Waals surface area contributed by atoms with Crippen LogP contribution in [0.4, 0.5) is 0 Å². The van der Waals surface area contributed by atoms with Crippen LogP contribution in [-0.4, -0.2) is 88.5 Å². The molecule has 0 fully saturated rings. The van der Waals surface area contributed by atoms with E-state index in [0.717, 1.165) is 7.11 Å². The Morgan fingerprint density at radius 1 is 0.824 bits per heavy atom. The average molecular weight is 739 g/mol. The Hall–Kier alpha value is -4.80. The van der Waals surface area contributed by atoms with Gasteiger partial charge >= 0.3 is 13.8 Å². The van der Waals surface area contributed by atoms with Crippen molar-refractivity contribution in [3.8, 4) is 5.75 Å². The summed E-state index contributed by atoms with van der Waals surface area (Å²) in [6, 6.07) is -1.04. The van der Waals surface area contributed by atoms with Gasteiger partial charge in [-0.15, -0.1) is 0 Å². The zero-order valence-corrected chi connectivity index (χ0v) is 29.9. The second kappa shape index (κ2) is 19.6. The highest BCUT2D eigenvalue weighted by molar-refractivity contribution is 7.46. The lowest BCUT2D eigenvalue weighted by molar-refractivity contribution is -0.145. The molecule has 18 nitrogen and oxygen atoms in total. The van der Waals surface area contributed by atoms with Crippen LogP contribution in [0.3, 0.4) is 0 Å². The Bertz CT molecular complexity index is 1510. The molecule has 1 heterocycles. The molecular formula is C32H47N6O12P. The predicted octanol–water partition coefficient (Wildman–Crippen LogP) is -0.775. The minimum Gasteiger partial charge on any atom is -0.467 e. The van der Waals surface area contributed by atoms with Crippen LogP contribution in [0.1, 0.15) is 58.9 Å². The van der Waals surface area contributed by atoms with Gasteiger partial charge in [0.15, 0.2) is 0 Å². The molecule has 1 aromatic rings.